The number of alkyl carbamates (subject to hydrolysis) is 1. The number of nitrogens with zero attached hydrogens (tertiary/aromatic N) is 8. The van der Waals surface area contributed by atoms with Crippen molar-refractivity contribution in [1.29, 1.82) is 0 Å². The van der Waals surface area contributed by atoms with Crippen LogP contribution in [0.25, 0.3) is 0 Å². The van der Waals surface area contributed by atoms with Crippen LogP contribution in [0.15, 0.2) is 51.5 Å². The van der Waals surface area contributed by atoms with Crippen LogP contribution in [0, 0.1) is 5.92 Å². The number of hydrogen-bond acceptors (Lipinski definition) is 28. The number of nitrogens with two attached hydrogens (primary N) is 3. The molecule has 2 fully saturated rings. The lowest BCUT2D eigenvalue weighted by molar-refractivity contribution is -0.162. The zero-order valence-electron chi connectivity index (χ0n) is 61.3. The Bertz CT molecular complexity index is 4070. The molecule has 3 aliphatic rings. The highest BCUT2D eigenvalue weighted by Gasteiger charge is 2.64. The van der Waals surface area contributed by atoms with E-state index < -0.39 is 183 Å². The number of allylic oxidation sites excluding steroid dienone is 3. The number of likely N-dealkylation sites (N-methyl/N-ethyl adjacent to an activating group) is 1. The summed E-state index contributed by atoms with van der Waals surface area (Å²) < 4.78 is 53.3. The number of guanidine groups is 1. The number of aliphatic hydroxyl groups is 1. The van der Waals surface area contributed by atoms with Gasteiger partial charge in [0.1, 0.15) is 64.9 Å². The molecular formula is C65H92ClN17O23S4. The van der Waals surface area contributed by atoms with Gasteiger partial charge in [0.15, 0.2) is 11.7 Å². The summed E-state index contributed by atoms with van der Waals surface area (Å²) >= 11 is 7.42. The van der Waals surface area contributed by atoms with Gasteiger partial charge < -0.3 is 92.0 Å². The minimum atomic E-state index is -4.09. The number of aromatic nitrogens is 5. The topological polar surface area (TPSA) is 595 Å². The molecule has 40 nitrogen and oxygen atoms in total. The largest absolute Gasteiger partial charge is 0.495 e. The number of carboxylic acids is 3. The number of epoxide rings is 1. The third kappa shape index (κ3) is 26.7. The number of amides is 8. The van der Waals surface area contributed by atoms with Gasteiger partial charge in [-0.3, -0.25) is 58.1 Å². The molecular weight excluding hydrogens is 1550 g/mol. The molecule has 0 aliphatic carbocycles. The molecule has 4 bridgehead atoms. The summed E-state index contributed by atoms with van der Waals surface area (Å²) in [6.07, 6.45) is -0.438. The lowest BCUT2D eigenvalue weighted by atomic mass is 9.83. The average Bonchev–Trinajstić information content (AvgIpc) is 1.59. The number of carboxylic acid groups (broad SMARTS) is 3. The molecule has 12 atom stereocenters. The quantitative estimate of drug-likeness (QED) is 0.00695. The van der Waals surface area contributed by atoms with Crippen molar-refractivity contribution < 1.29 is 110 Å². The average molecular weight is 1640 g/mol. The summed E-state index contributed by atoms with van der Waals surface area (Å²) in [6.45, 7) is 6.73. The fourth-order valence-electron chi connectivity index (χ4n) is 11.6. The first-order valence-corrected chi connectivity index (χ1v) is 39.6. The van der Waals surface area contributed by atoms with Gasteiger partial charge in [0, 0.05) is 83.6 Å². The van der Waals surface area contributed by atoms with Crippen LogP contribution in [-0.4, -0.2) is 249 Å². The van der Waals surface area contributed by atoms with E-state index in [0.717, 1.165) is 32.1 Å². The number of nitrogens with one attached hydrogen (secondary N) is 6. The predicted molar refractivity (Wildman–Crippen MR) is 397 cm³/mol. The molecule has 8 amide bonds. The number of benzene rings is 1. The molecule has 1 unspecified atom stereocenters. The van der Waals surface area contributed by atoms with E-state index in [1.54, 1.807) is 50.4 Å². The Balaban J connectivity index is 1.03. The summed E-state index contributed by atoms with van der Waals surface area (Å²) in [6, 6.07) is -5.02. The maximum absolute atomic E-state index is 14.5. The number of methoxy groups -OCH3 is 2. The summed E-state index contributed by atoms with van der Waals surface area (Å²) in [7, 11) is 3.41. The van der Waals surface area contributed by atoms with E-state index in [1.165, 1.54) is 44.8 Å². The summed E-state index contributed by atoms with van der Waals surface area (Å²) in [5.74, 6) is -12.9. The molecule has 1 aromatic carbocycles. The Morgan fingerprint density at radius 1 is 0.900 bits per heavy atom. The van der Waals surface area contributed by atoms with E-state index >= 15 is 0 Å². The van der Waals surface area contributed by atoms with Crippen molar-refractivity contribution in [2.45, 2.75) is 194 Å². The van der Waals surface area contributed by atoms with Crippen LogP contribution in [-0.2, 0) is 101 Å². The van der Waals surface area contributed by atoms with Crippen LogP contribution in [0.2, 0.25) is 5.02 Å². The van der Waals surface area contributed by atoms with Crippen molar-refractivity contribution in [2.24, 2.45) is 27.5 Å². The fourth-order valence-corrected chi connectivity index (χ4v) is 15.4. The summed E-state index contributed by atoms with van der Waals surface area (Å²) in [5, 5.41) is 75.9. The Morgan fingerprint density at radius 2 is 1.55 bits per heavy atom. The number of ether oxygens (including phenoxy) is 5. The lowest BCUT2D eigenvalue weighted by Crippen LogP contribution is -2.63. The number of aliphatic imine (C=N–C) groups is 1. The number of anilines is 2. The van der Waals surface area contributed by atoms with Gasteiger partial charge in [-0.1, -0.05) is 80.5 Å². The number of hydrogen-bond donors (Lipinski definition) is 13. The number of sulfonamides is 1. The second-order valence-corrected chi connectivity index (χ2v) is 32.0. The van der Waals surface area contributed by atoms with Crippen molar-refractivity contribution in [2.75, 3.05) is 56.6 Å². The molecule has 3 aromatic rings. The number of carbonyl (C=O) groups is 12. The van der Waals surface area contributed by atoms with Crippen LogP contribution in [0.3, 0.4) is 0 Å². The first-order valence-electron chi connectivity index (χ1n) is 34.3. The number of halogens is 1. The van der Waals surface area contributed by atoms with Crippen LogP contribution in [0.1, 0.15) is 116 Å². The minimum Gasteiger partial charge on any atom is -0.495 e. The zero-order valence-corrected chi connectivity index (χ0v) is 65.4. The van der Waals surface area contributed by atoms with Gasteiger partial charge in [-0.25, -0.2) is 27.9 Å². The highest BCUT2D eigenvalue weighted by Crippen LogP contribution is 2.49. The second kappa shape index (κ2) is 41.1. The first-order chi connectivity index (χ1) is 51.7. The van der Waals surface area contributed by atoms with Gasteiger partial charge in [0.2, 0.25) is 50.8 Å². The van der Waals surface area contributed by atoms with Crippen molar-refractivity contribution in [3.63, 3.8) is 0 Å². The van der Waals surface area contributed by atoms with Crippen LogP contribution < -0.4 is 58.1 Å². The molecule has 3 aliphatic heterocycles. The Kier molecular flexibility index (Phi) is 33.5. The SMILES string of the molecule is COc1cc2cc(c1Cl)N(C)C(=O)C[C@@H](OC(=O)[C@@H](C)N(C)C(=O)CCSSC[C@@H](NC(=O)[C@H](CC(=O)O)NC(=O)[C@@H](CCCN=C(N)N)NC(=O)C(CC(=O)O)NC(=O)CCCCn1cc(CCCC(=O)Nc3nnc(S(N)(=O)=O)s3)nn1)C(=O)O)[C@]1(C)O[C@@H]1[C@@H](C)[C@H]1C[C@](O)(NC(=O)O1)[C@@H](OC)/C=C/C=C(\C)C2. The number of aliphatic carboxylic acids is 3. The Morgan fingerprint density at radius 3 is 2.19 bits per heavy atom. The summed E-state index contributed by atoms with van der Waals surface area (Å²) in [5.41, 5.74) is 9.88. The number of primary sulfonamides is 1. The molecule has 0 spiro atoms. The predicted octanol–water partition coefficient (Wildman–Crippen LogP) is 0.235. The van der Waals surface area contributed by atoms with Crippen molar-refractivity contribution in [3.05, 3.63) is 58.4 Å². The first kappa shape index (κ1) is 89.6. The third-order valence-electron chi connectivity index (χ3n) is 17.8. The van der Waals surface area contributed by atoms with E-state index in [1.807, 2.05) is 6.92 Å². The van der Waals surface area contributed by atoms with Gasteiger partial charge in [-0.15, -0.1) is 15.3 Å². The van der Waals surface area contributed by atoms with Gasteiger partial charge in [0.25, 0.3) is 10.0 Å². The van der Waals surface area contributed by atoms with Crippen LogP contribution in [0.5, 0.6) is 5.75 Å². The number of carbonyl (C=O) groups excluding carboxylic acids is 9. The Hall–Kier alpha value is -9.31. The molecule has 0 radical (unpaired) electrons. The molecule has 45 heteroatoms. The van der Waals surface area contributed by atoms with Crippen molar-refractivity contribution in [1.82, 2.24) is 56.7 Å². The standard InChI is InChI=1S/C65H92ClN17O23S4/c1-33-14-11-17-45(103-8)65(99)30-44(104-62(98)76-65)34(2)54-64(4,106-54)46(29-50(87)82(6)42-25-36(24-33)26-43(102-7)53(42)66)105-59(97)35(3)81(5)49(86)20-23-107-108-32-41(58(95)96)74-57(94)40(28-52(90)91)73-55(92)38(16-13-21-70-60(67)68)72-56(93)39(27-51(88)89)71-47(84)18-9-10-22-83-31-37(77-80-83)15-12-19-48(85)75-61-78-79-63(109-61)110(69,100)101/h11,14,17,25-26,31,34-35,38-41,44-46,54,99H,9-10,12-13,15-16,18-24,27-30,32H2,1-8H3,(H,71,84)(H,72,93)(H,73,92)(H,74,94)(H,76,98)(H,88,89)(H,90,91)(H,95,96)(H4,67,68,70)(H2,69,100,101)(H,75,78,85)/b17-11+,33-14+/t34-,35+,38+,39?,40-,41+,44+,45-,46+,54+,64-,65+/m0/s1. The van der Waals surface area contributed by atoms with Gasteiger partial charge >= 0.3 is 30.0 Å². The number of unbranched alkanes of at least 4 members (excludes halogenated alkanes) is 1. The normalized spacial score (nSPS) is 22.0. The minimum absolute atomic E-state index is 0.00698. The van der Waals surface area contributed by atoms with Crippen LogP contribution >= 0.6 is 44.5 Å². The van der Waals surface area contributed by atoms with E-state index in [2.05, 4.69) is 57.4 Å². The molecule has 606 valence electrons. The molecule has 5 heterocycles. The van der Waals surface area contributed by atoms with E-state index in [9.17, 15) is 86.4 Å². The lowest BCUT2D eigenvalue weighted by Gasteiger charge is -2.42. The third-order valence-corrected chi connectivity index (χ3v) is 22.8. The van der Waals surface area contributed by atoms with E-state index in [4.69, 9.17) is 51.9 Å². The molecule has 110 heavy (non-hydrogen) atoms. The summed E-state index contributed by atoms with van der Waals surface area (Å²) in [4.78, 5) is 166. The molecule has 2 aromatic heterocycles. The van der Waals surface area contributed by atoms with Gasteiger partial charge in [-0.05, 0) is 83.4 Å². The van der Waals surface area contributed by atoms with Crippen LogP contribution in [0.4, 0.5) is 15.6 Å². The fraction of sp³-hybridized carbons (Fsp3) is 0.585. The maximum Gasteiger partial charge on any atom is 0.409 e. The monoisotopic (exact) mass is 1640 g/mol. The maximum atomic E-state index is 14.5. The number of aryl methyl sites for hydroxylation is 2. The zero-order chi connectivity index (χ0) is 81.5. The molecule has 2 saturated heterocycles. The van der Waals surface area contributed by atoms with Crippen molar-refractivity contribution in [3.8, 4) is 5.75 Å². The number of esters is 1. The molecule has 16 N–H and O–H groups in total. The van der Waals surface area contributed by atoms with Crippen molar-refractivity contribution >= 4 is 143 Å². The number of rotatable bonds is 38. The highest BCUT2D eigenvalue weighted by atomic mass is 35.5. The number of fused-ring (bicyclic) bond motifs is 5. The van der Waals surface area contributed by atoms with E-state index in [-0.39, 0.29) is 91.3 Å². The molecule has 0 saturated carbocycles. The Labute approximate surface area is 648 Å². The highest BCUT2D eigenvalue weighted by molar-refractivity contribution is 8.76. The molecule has 6 rings (SSSR count). The van der Waals surface area contributed by atoms with Gasteiger partial charge in [0.05, 0.1) is 43.9 Å². The second-order valence-electron chi connectivity index (χ2n) is 26.3. The van der Waals surface area contributed by atoms with E-state index in [0.29, 0.717) is 48.3 Å². The van der Waals surface area contributed by atoms with Gasteiger partial charge in [-0.2, -0.15) is 0 Å². The smallest absolute Gasteiger partial charge is 0.409 e.